The summed E-state index contributed by atoms with van der Waals surface area (Å²) in [5, 5.41) is 4.66. The summed E-state index contributed by atoms with van der Waals surface area (Å²) < 4.78 is 0. The maximum atomic E-state index is 8.29. The molecule has 0 aliphatic carbocycles. The number of halogens is 1. The van der Waals surface area contributed by atoms with Gasteiger partial charge < -0.3 is 4.98 Å². The van der Waals surface area contributed by atoms with Crippen molar-refractivity contribution in [1.29, 1.82) is 0 Å². The number of fused-ring (bicyclic) bond motifs is 1. The molecule has 0 aliphatic rings. The summed E-state index contributed by atoms with van der Waals surface area (Å²) >= 11 is 5.86. The van der Waals surface area contributed by atoms with Crippen molar-refractivity contribution in [3.63, 3.8) is 0 Å². The lowest BCUT2D eigenvalue weighted by molar-refractivity contribution is 1.32. The van der Waals surface area contributed by atoms with Crippen molar-refractivity contribution in [2.24, 2.45) is 5.11 Å². The summed E-state index contributed by atoms with van der Waals surface area (Å²) in [5.74, 6) is 0. The zero-order chi connectivity index (χ0) is 9.26. The Labute approximate surface area is 78.0 Å². The Hall–Kier alpha value is -1.71. The zero-order valence-corrected chi connectivity index (χ0v) is 7.15. The number of rotatable bonds is 1. The van der Waals surface area contributed by atoms with Gasteiger partial charge in [-0.1, -0.05) is 16.7 Å². The quantitative estimate of drug-likeness (QED) is 0.421. The highest BCUT2D eigenvalue weighted by Gasteiger charge is 2.05. The second-order valence-electron chi connectivity index (χ2n) is 2.38. The Morgan fingerprint density at radius 3 is 3.23 bits per heavy atom. The van der Waals surface area contributed by atoms with E-state index in [4.69, 9.17) is 17.1 Å². The van der Waals surface area contributed by atoms with Gasteiger partial charge in [0.2, 0.25) is 0 Å². The molecule has 0 radical (unpaired) electrons. The molecule has 6 heteroatoms. The van der Waals surface area contributed by atoms with Crippen molar-refractivity contribution in [3.8, 4) is 0 Å². The van der Waals surface area contributed by atoms with Crippen LogP contribution in [0.15, 0.2) is 23.6 Å². The first kappa shape index (κ1) is 7.91. The summed E-state index contributed by atoms with van der Waals surface area (Å²) in [6.07, 6.45) is 3.16. The molecule has 0 aliphatic heterocycles. The molecule has 0 unspecified atom stereocenters. The minimum Gasteiger partial charge on any atom is -0.345 e. The second-order valence-corrected chi connectivity index (χ2v) is 2.79. The van der Waals surface area contributed by atoms with Crippen LogP contribution < -0.4 is 0 Å². The standard InChI is InChI=1S/C7H4ClN5/c8-4-3-11-7-6(4)5(12-13-9)1-2-10-7/h1-3H,(H,10,11). The molecule has 2 aromatic heterocycles. The number of hydrogen-bond donors (Lipinski definition) is 1. The predicted octanol–water partition coefficient (Wildman–Crippen LogP) is 3.16. The molecule has 1 N–H and O–H groups in total. The van der Waals surface area contributed by atoms with Crippen LogP contribution in [-0.2, 0) is 0 Å². The summed E-state index contributed by atoms with van der Waals surface area (Å²) in [6, 6.07) is 1.61. The van der Waals surface area contributed by atoms with Crippen molar-refractivity contribution < 1.29 is 0 Å². The molecule has 0 fully saturated rings. The molecule has 0 amide bonds. The minimum absolute atomic E-state index is 0.485. The number of azide groups is 1. The third-order valence-corrected chi connectivity index (χ3v) is 1.95. The molecule has 0 spiro atoms. The molecule has 2 aromatic rings. The Bertz CT molecular complexity index is 497. The molecule has 13 heavy (non-hydrogen) atoms. The maximum absolute atomic E-state index is 8.29. The molecular formula is C7H4ClN5. The van der Waals surface area contributed by atoms with Crippen LogP contribution in [-0.4, -0.2) is 9.97 Å². The van der Waals surface area contributed by atoms with Crippen LogP contribution in [0.4, 0.5) is 5.69 Å². The highest BCUT2D eigenvalue weighted by Crippen LogP contribution is 2.30. The smallest absolute Gasteiger partial charge is 0.139 e. The number of aromatic nitrogens is 2. The average Bonchev–Trinajstić information content (AvgIpc) is 2.50. The zero-order valence-electron chi connectivity index (χ0n) is 6.40. The molecule has 64 valence electrons. The highest BCUT2D eigenvalue weighted by molar-refractivity contribution is 6.36. The Morgan fingerprint density at radius 1 is 1.62 bits per heavy atom. The molecule has 5 nitrogen and oxygen atoms in total. The van der Waals surface area contributed by atoms with Crippen LogP contribution in [0.2, 0.25) is 5.02 Å². The van der Waals surface area contributed by atoms with Crippen LogP contribution in [0.5, 0.6) is 0 Å². The van der Waals surface area contributed by atoms with Gasteiger partial charge in [-0.05, 0) is 11.6 Å². The van der Waals surface area contributed by atoms with Crippen molar-refractivity contribution in [1.82, 2.24) is 9.97 Å². The first-order valence-electron chi connectivity index (χ1n) is 3.49. The van der Waals surface area contributed by atoms with Crippen molar-refractivity contribution in [2.45, 2.75) is 0 Å². The Kier molecular flexibility index (Phi) is 1.81. The molecule has 2 rings (SSSR count). The number of H-pyrrole nitrogens is 1. The van der Waals surface area contributed by atoms with E-state index in [1.165, 1.54) is 0 Å². The average molecular weight is 194 g/mol. The van der Waals surface area contributed by atoms with Gasteiger partial charge in [0.05, 0.1) is 10.7 Å². The van der Waals surface area contributed by atoms with Crippen molar-refractivity contribution >= 4 is 28.3 Å². The third-order valence-electron chi connectivity index (χ3n) is 1.66. The van der Waals surface area contributed by atoms with E-state index in [2.05, 4.69) is 20.0 Å². The van der Waals surface area contributed by atoms with Crippen molar-refractivity contribution in [3.05, 3.63) is 33.9 Å². The fourth-order valence-corrected chi connectivity index (χ4v) is 1.37. The van der Waals surface area contributed by atoms with Gasteiger partial charge in [0.1, 0.15) is 5.65 Å². The normalized spacial score (nSPS) is 9.92. The van der Waals surface area contributed by atoms with E-state index in [0.717, 1.165) is 0 Å². The van der Waals surface area contributed by atoms with Gasteiger partial charge in [-0.25, -0.2) is 4.98 Å². The van der Waals surface area contributed by atoms with Crippen molar-refractivity contribution in [2.75, 3.05) is 0 Å². The van der Waals surface area contributed by atoms with Gasteiger partial charge in [0.15, 0.2) is 0 Å². The summed E-state index contributed by atoms with van der Waals surface area (Å²) in [7, 11) is 0. The minimum atomic E-state index is 0.485. The Morgan fingerprint density at radius 2 is 2.46 bits per heavy atom. The number of hydrogen-bond acceptors (Lipinski definition) is 2. The van der Waals surface area contributed by atoms with E-state index in [9.17, 15) is 0 Å². The van der Waals surface area contributed by atoms with E-state index < -0.39 is 0 Å². The van der Waals surface area contributed by atoms with Crippen LogP contribution in [0.3, 0.4) is 0 Å². The van der Waals surface area contributed by atoms with E-state index >= 15 is 0 Å². The lowest BCUT2D eigenvalue weighted by atomic mass is 10.3. The van der Waals surface area contributed by atoms with Gasteiger partial charge in [0.25, 0.3) is 0 Å². The molecule has 2 heterocycles. The summed E-state index contributed by atoms with van der Waals surface area (Å²) in [4.78, 5) is 9.58. The Balaban J connectivity index is 2.87. The van der Waals surface area contributed by atoms with Crippen LogP contribution in [0.25, 0.3) is 21.5 Å². The topological polar surface area (TPSA) is 77.4 Å². The van der Waals surface area contributed by atoms with Crippen LogP contribution in [0.1, 0.15) is 0 Å². The van der Waals surface area contributed by atoms with E-state index in [1.54, 1.807) is 18.5 Å². The lowest BCUT2D eigenvalue weighted by Gasteiger charge is -1.93. The number of nitrogens with one attached hydrogen (secondary N) is 1. The van der Waals surface area contributed by atoms with Crippen LogP contribution in [0, 0.1) is 0 Å². The van der Waals surface area contributed by atoms with Gasteiger partial charge in [0, 0.05) is 22.7 Å². The van der Waals surface area contributed by atoms with E-state index in [0.29, 0.717) is 21.7 Å². The van der Waals surface area contributed by atoms with Gasteiger partial charge >= 0.3 is 0 Å². The van der Waals surface area contributed by atoms with Gasteiger partial charge in [-0.3, -0.25) is 0 Å². The monoisotopic (exact) mass is 193 g/mol. The molecule has 0 aromatic carbocycles. The van der Waals surface area contributed by atoms with Gasteiger partial charge in [-0.15, -0.1) is 0 Å². The first-order valence-corrected chi connectivity index (χ1v) is 3.87. The molecule has 0 bridgehead atoms. The number of aromatic amines is 1. The van der Waals surface area contributed by atoms with Gasteiger partial charge in [-0.2, -0.15) is 0 Å². The number of nitrogens with zero attached hydrogens (tertiary/aromatic N) is 4. The first-order chi connectivity index (χ1) is 6.33. The predicted molar refractivity (Wildman–Crippen MR) is 49.9 cm³/mol. The SMILES string of the molecule is [N-]=[N+]=Nc1ccnc2[nH]cc(Cl)c12. The number of pyridine rings is 1. The second kappa shape index (κ2) is 2.97. The maximum Gasteiger partial charge on any atom is 0.139 e. The largest absolute Gasteiger partial charge is 0.345 e. The lowest BCUT2D eigenvalue weighted by Crippen LogP contribution is -1.74. The van der Waals surface area contributed by atoms with E-state index in [1.807, 2.05) is 0 Å². The summed E-state index contributed by atoms with van der Waals surface area (Å²) in [6.45, 7) is 0. The van der Waals surface area contributed by atoms with Crippen LogP contribution >= 0.6 is 11.6 Å². The fraction of sp³-hybridized carbons (Fsp3) is 0. The molecule has 0 atom stereocenters. The summed E-state index contributed by atoms with van der Waals surface area (Å²) in [5.41, 5.74) is 9.40. The molecule has 0 saturated heterocycles. The molecule has 0 saturated carbocycles. The fourth-order valence-electron chi connectivity index (χ4n) is 1.13. The van der Waals surface area contributed by atoms with E-state index in [-0.39, 0.29) is 0 Å². The molecular weight excluding hydrogens is 190 g/mol. The third kappa shape index (κ3) is 1.20. The highest BCUT2D eigenvalue weighted by atomic mass is 35.5.